The van der Waals surface area contributed by atoms with Crippen LogP contribution in [0.3, 0.4) is 0 Å². The number of unbranched alkanes of at least 4 members (excludes halogenated alkanes) is 6. The predicted octanol–water partition coefficient (Wildman–Crippen LogP) is 6.53. The molecular formula is C19H31. The van der Waals surface area contributed by atoms with Crippen molar-refractivity contribution in [2.45, 2.75) is 77.0 Å². The molecule has 1 unspecified atom stereocenters. The van der Waals surface area contributed by atoms with Crippen molar-refractivity contribution < 1.29 is 0 Å². The molecule has 0 spiro atoms. The molecule has 0 saturated heterocycles. The van der Waals surface area contributed by atoms with Crippen molar-refractivity contribution in [3.8, 4) is 0 Å². The van der Waals surface area contributed by atoms with Crippen LogP contribution in [0.4, 0.5) is 0 Å². The molecule has 0 nitrogen and oxygen atoms in total. The average molecular weight is 259 g/mol. The third-order valence-corrected chi connectivity index (χ3v) is 3.98. The zero-order chi connectivity index (χ0) is 13.8. The zero-order valence-electron chi connectivity index (χ0n) is 12.7. The lowest BCUT2D eigenvalue weighted by Gasteiger charge is -2.16. The van der Waals surface area contributed by atoms with Crippen molar-refractivity contribution in [3.05, 3.63) is 42.8 Å². The molecule has 0 aliphatic heterocycles. The first kappa shape index (κ1) is 16.3. The third kappa shape index (κ3) is 7.40. The molecule has 1 atom stereocenters. The summed E-state index contributed by atoms with van der Waals surface area (Å²) >= 11 is 0. The Morgan fingerprint density at radius 2 is 1.47 bits per heavy atom. The van der Waals surface area contributed by atoms with Gasteiger partial charge in [-0.15, -0.1) is 0 Å². The molecule has 0 bridgehead atoms. The van der Waals surface area contributed by atoms with Crippen LogP contribution < -0.4 is 0 Å². The van der Waals surface area contributed by atoms with Crippen molar-refractivity contribution in [2.75, 3.05) is 0 Å². The molecule has 19 heavy (non-hydrogen) atoms. The lowest BCUT2D eigenvalue weighted by atomic mass is 9.89. The Bertz CT molecular complexity index is 288. The Kier molecular flexibility index (Phi) is 9.49. The van der Waals surface area contributed by atoms with Gasteiger partial charge in [0.05, 0.1) is 0 Å². The van der Waals surface area contributed by atoms with Crippen LogP contribution in [0, 0.1) is 6.92 Å². The third-order valence-electron chi connectivity index (χ3n) is 3.98. The summed E-state index contributed by atoms with van der Waals surface area (Å²) in [5.41, 5.74) is 1.51. The van der Waals surface area contributed by atoms with Crippen molar-refractivity contribution in [3.63, 3.8) is 0 Å². The summed E-state index contributed by atoms with van der Waals surface area (Å²) in [5, 5.41) is 0. The van der Waals surface area contributed by atoms with Crippen LogP contribution in [-0.2, 0) is 0 Å². The fraction of sp³-hybridized carbons (Fsp3) is 0.632. The van der Waals surface area contributed by atoms with E-state index in [2.05, 4.69) is 44.2 Å². The minimum Gasteiger partial charge on any atom is -0.0654 e. The van der Waals surface area contributed by atoms with E-state index in [1.165, 1.54) is 63.4 Å². The highest BCUT2D eigenvalue weighted by Crippen LogP contribution is 2.27. The van der Waals surface area contributed by atoms with Gasteiger partial charge in [0.2, 0.25) is 0 Å². The predicted molar refractivity (Wildman–Crippen MR) is 86.4 cm³/mol. The molecule has 1 radical (unpaired) electrons. The van der Waals surface area contributed by atoms with E-state index >= 15 is 0 Å². The molecule has 107 valence electrons. The monoisotopic (exact) mass is 259 g/mol. The maximum Gasteiger partial charge on any atom is -0.0162 e. The van der Waals surface area contributed by atoms with Crippen LogP contribution in [0.15, 0.2) is 30.3 Å². The smallest absolute Gasteiger partial charge is 0.0162 e. The van der Waals surface area contributed by atoms with Gasteiger partial charge in [0, 0.05) is 0 Å². The van der Waals surface area contributed by atoms with Gasteiger partial charge in [0.25, 0.3) is 0 Å². The Morgan fingerprint density at radius 1 is 0.842 bits per heavy atom. The molecule has 0 aliphatic rings. The molecular weight excluding hydrogens is 228 g/mol. The van der Waals surface area contributed by atoms with Gasteiger partial charge < -0.3 is 0 Å². The number of benzene rings is 1. The lowest BCUT2D eigenvalue weighted by Crippen LogP contribution is -1.98. The Labute approximate surface area is 120 Å². The highest BCUT2D eigenvalue weighted by molar-refractivity contribution is 5.19. The van der Waals surface area contributed by atoms with Crippen LogP contribution in [0.1, 0.15) is 82.6 Å². The lowest BCUT2D eigenvalue weighted by molar-refractivity contribution is 0.515. The highest BCUT2D eigenvalue weighted by atomic mass is 14.1. The molecule has 0 heterocycles. The van der Waals surface area contributed by atoms with E-state index < -0.39 is 0 Å². The fourth-order valence-corrected chi connectivity index (χ4v) is 2.80. The van der Waals surface area contributed by atoms with Gasteiger partial charge in [-0.3, -0.25) is 0 Å². The summed E-state index contributed by atoms with van der Waals surface area (Å²) in [6.07, 6.45) is 13.5. The van der Waals surface area contributed by atoms with Gasteiger partial charge in [-0.25, -0.2) is 0 Å². The van der Waals surface area contributed by atoms with E-state index in [9.17, 15) is 0 Å². The van der Waals surface area contributed by atoms with Crippen molar-refractivity contribution in [1.29, 1.82) is 0 Å². The fourth-order valence-electron chi connectivity index (χ4n) is 2.80. The van der Waals surface area contributed by atoms with Crippen LogP contribution >= 0.6 is 0 Å². The highest BCUT2D eigenvalue weighted by Gasteiger charge is 2.09. The Hall–Kier alpha value is -0.780. The molecule has 0 amide bonds. The van der Waals surface area contributed by atoms with Gasteiger partial charge in [0.1, 0.15) is 0 Å². The van der Waals surface area contributed by atoms with Gasteiger partial charge in [-0.2, -0.15) is 0 Å². The summed E-state index contributed by atoms with van der Waals surface area (Å²) in [4.78, 5) is 0. The topological polar surface area (TPSA) is 0 Å². The second-order valence-corrected chi connectivity index (χ2v) is 5.66. The quantitative estimate of drug-likeness (QED) is 0.396. The summed E-state index contributed by atoms with van der Waals surface area (Å²) in [5.74, 6) is 0.731. The number of hydrogen-bond acceptors (Lipinski definition) is 0. The molecule has 1 aromatic rings. The summed E-state index contributed by atoms with van der Waals surface area (Å²) in [6, 6.07) is 11.0. The van der Waals surface area contributed by atoms with Gasteiger partial charge >= 0.3 is 0 Å². The van der Waals surface area contributed by atoms with E-state index in [-0.39, 0.29) is 0 Å². The minimum atomic E-state index is 0.731. The molecule has 0 fully saturated rings. The average Bonchev–Trinajstić information content (AvgIpc) is 2.46. The van der Waals surface area contributed by atoms with Crippen molar-refractivity contribution in [1.82, 2.24) is 0 Å². The van der Waals surface area contributed by atoms with Crippen LogP contribution in [0.2, 0.25) is 0 Å². The normalized spacial score (nSPS) is 12.5. The first-order valence-electron chi connectivity index (χ1n) is 8.22. The molecule has 0 aliphatic carbocycles. The largest absolute Gasteiger partial charge is 0.0654 e. The van der Waals surface area contributed by atoms with Crippen molar-refractivity contribution >= 4 is 0 Å². The summed E-state index contributed by atoms with van der Waals surface area (Å²) in [7, 11) is 0. The van der Waals surface area contributed by atoms with Gasteiger partial charge in [0.15, 0.2) is 0 Å². The Balaban J connectivity index is 2.20. The summed E-state index contributed by atoms with van der Waals surface area (Å²) < 4.78 is 0. The SMILES string of the molecule is [CH2]CCC(CCCCCCCCC)c1ccccc1. The molecule has 0 aromatic heterocycles. The standard InChI is InChI=1S/C19H31/c1-3-5-6-7-8-9-11-15-18(14-4-2)19-16-12-10-13-17-19/h10,12-13,16-18H,2-9,11,14-15H2,1H3. The van der Waals surface area contributed by atoms with Crippen LogP contribution in [0.5, 0.6) is 0 Å². The van der Waals surface area contributed by atoms with Crippen LogP contribution in [0.25, 0.3) is 0 Å². The van der Waals surface area contributed by atoms with E-state index in [0.29, 0.717) is 0 Å². The van der Waals surface area contributed by atoms with E-state index in [4.69, 9.17) is 0 Å². The Morgan fingerprint density at radius 3 is 2.11 bits per heavy atom. The van der Waals surface area contributed by atoms with Crippen molar-refractivity contribution in [2.24, 2.45) is 0 Å². The maximum atomic E-state index is 4.03. The molecule has 0 N–H and O–H groups in total. The first-order chi connectivity index (χ1) is 9.38. The molecule has 1 rings (SSSR count). The molecule has 1 aromatic carbocycles. The molecule has 0 heteroatoms. The first-order valence-corrected chi connectivity index (χ1v) is 8.22. The minimum absolute atomic E-state index is 0.731. The maximum absolute atomic E-state index is 4.03. The second kappa shape index (κ2) is 11.1. The summed E-state index contributed by atoms with van der Waals surface area (Å²) in [6.45, 7) is 6.31. The van der Waals surface area contributed by atoms with E-state index in [0.717, 1.165) is 12.3 Å². The second-order valence-electron chi connectivity index (χ2n) is 5.66. The van der Waals surface area contributed by atoms with Crippen LogP contribution in [-0.4, -0.2) is 0 Å². The van der Waals surface area contributed by atoms with Gasteiger partial charge in [-0.1, -0.05) is 95.5 Å². The number of hydrogen-bond donors (Lipinski definition) is 0. The van der Waals surface area contributed by atoms with Gasteiger partial charge in [-0.05, 0) is 24.3 Å². The van der Waals surface area contributed by atoms with E-state index in [1.54, 1.807) is 0 Å². The number of rotatable bonds is 11. The van der Waals surface area contributed by atoms with E-state index in [1.807, 2.05) is 0 Å². The zero-order valence-corrected chi connectivity index (χ0v) is 12.7. The molecule has 0 saturated carbocycles.